The molecule has 0 bridgehead atoms. The van der Waals surface area contributed by atoms with Gasteiger partial charge in [-0.25, -0.2) is 4.79 Å². The van der Waals surface area contributed by atoms with E-state index < -0.39 is 49.9 Å². The van der Waals surface area contributed by atoms with Gasteiger partial charge in [0.1, 0.15) is 30.2 Å². The number of carbonyl (C=O) groups is 1. The Morgan fingerprint density at radius 1 is 1.25 bits per heavy atom. The normalized spacial score (nSPS) is 30.0. The SMILES string of the molecule is Cc1cc(Cl)ccc1OCC(=O)O[C@@H]1O[C@H](CO)[C@@H](O)[C@H](O)[C@H]1O. The number of ether oxygens (including phenoxy) is 3. The third-order valence-corrected chi connectivity index (χ3v) is 3.81. The van der Waals surface area contributed by atoms with Gasteiger partial charge in [0.25, 0.3) is 0 Å². The summed E-state index contributed by atoms with van der Waals surface area (Å²) in [4.78, 5) is 11.8. The molecule has 0 aromatic heterocycles. The maximum atomic E-state index is 11.8. The Morgan fingerprint density at radius 2 is 1.96 bits per heavy atom. The van der Waals surface area contributed by atoms with Crippen molar-refractivity contribution in [1.29, 1.82) is 0 Å². The van der Waals surface area contributed by atoms with Gasteiger partial charge in [-0.1, -0.05) is 11.6 Å². The molecule has 1 aromatic carbocycles. The monoisotopic (exact) mass is 362 g/mol. The Kier molecular flexibility index (Phi) is 6.39. The Morgan fingerprint density at radius 3 is 2.58 bits per heavy atom. The number of halogens is 1. The maximum absolute atomic E-state index is 11.8. The summed E-state index contributed by atoms with van der Waals surface area (Å²) in [7, 11) is 0. The number of hydrogen-bond donors (Lipinski definition) is 4. The third kappa shape index (κ3) is 4.35. The highest BCUT2D eigenvalue weighted by molar-refractivity contribution is 6.30. The Labute approximate surface area is 143 Å². The van der Waals surface area contributed by atoms with Crippen molar-refractivity contribution in [2.75, 3.05) is 13.2 Å². The molecule has 5 atom stereocenters. The number of aliphatic hydroxyl groups excluding tert-OH is 4. The first-order valence-electron chi connectivity index (χ1n) is 7.22. The predicted molar refractivity (Wildman–Crippen MR) is 81.5 cm³/mol. The van der Waals surface area contributed by atoms with Crippen molar-refractivity contribution in [3.05, 3.63) is 28.8 Å². The summed E-state index contributed by atoms with van der Waals surface area (Å²) in [5.74, 6) is -0.418. The summed E-state index contributed by atoms with van der Waals surface area (Å²) < 4.78 is 15.3. The van der Waals surface area contributed by atoms with Crippen molar-refractivity contribution < 1.29 is 39.4 Å². The van der Waals surface area contributed by atoms with E-state index in [9.17, 15) is 20.1 Å². The number of rotatable bonds is 5. The first-order chi connectivity index (χ1) is 11.3. The van der Waals surface area contributed by atoms with Crippen LogP contribution in [0, 0.1) is 6.92 Å². The number of aryl methyl sites for hydroxylation is 1. The largest absolute Gasteiger partial charge is 0.482 e. The Bertz CT molecular complexity index is 579. The molecule has 0 saturated carbocycles. The number of benzene rings is 1. The van der Waals surface area contributed by atoms with Crippen LogP contribution >= 0.6 is 11.6 Å². The molecule has 0 aliphatic carbocycles. The van der Waals surface area contributed by atoms with E-state index in [0.717, 1.165) is 5.56 Å². The van der Waals surface area contributed by atoms with Gasteiger partial charge in [-0.2, -0.15) is 0 Å². The van der Waals surface area contributed by atoms with Crippen LogP contribution in [0.4, 0.5) is 0 Å². The zero-order chi connectivity index (χ0) is 17.9. The van der Waals surface area contributed by atoms with E-state index in [2.05, 4.69) is 0 Å². The van der Waals surface area contributed by atoms with Crippen molar-refractivity contribution in [1.82, 2.24) is 0 Å². The molecule has 1 heterocycles. The van der Waals surface area contributed by atoms with Gasteiger partial charge in [0, 0.05) is 5.02 Å². The molecule has 9 heteroatoms. The lowest BCUT2D eigenvalue weighted by Crippen LogP contribution is -2.59. The average Bonchev–Trinajstić information content (AvgIpc) is 2.54. The van der Waals surface area contributed by atoms with Gasteiger partial charge < -0.3 is 34.6 Å². The van der Waals surface area contributed by atoms with E-state index in [1.807, 2.05) is 0 Å². The van der Waals surface area contributed by atoms with Crippen LogP contribution in [0.25, 0.3) is 0 Å². The number of aliphatic hydroxyl groups is 4. The van der Waals surface area contributed by atoms with E-state index in [4.69, 9.17) is 30.9 Å². The molecular weight excluding hydrogens is 344 g/mol. The van der Waals surface area contributed by atoms with Gasteiger partial charge in [0.15, 0.2) is 6.61 Å². The van der Waals surface area contributed by atoms with Crippen molar-refractivity contribution in [3.63, 3.8) is 0 Å². The van der Waals surface area contributed by atoms with Crippen molar-refractivity contribution >= 4 is 17.6 Å². The molecular formula is C15H19ClO8. The van der Waals surface area contributed by atoms with Crippen molar-refractivity contribution in [3.8, 4) is 5.75 Å². The molecule has 1 fully saturated rings. The van der Waals surface area contributed by atoms with E-state index in [1.165, 1.54) is 0 Å². The minimum absolute atomic E-state index is 0.435. The van der Waals surface area contributed by atoms with Crippen LogP contribution in [-0.4, -0.2) is 70.3 Å². The van der Waals surface area contributed by atoms with Crippen molar-refractivity contribution in [2.45, 2.75) is 37.6 Å². The van der Waals surface area contributed by atoms with Gasteiger partial charge in [-0.05, 0) is 30.7 Å². The second-order valence-corrected chi connectivity index (χ2v) is 5.82. The highest BCUT2D eigenvalue weighted by Gasteiger charge is 2.45. The summed E-state index contributed by atoms with van der Waals surface area (Å²) in [5, 5.41) is 38.6. The molecule has 2 rings (SSSR count). The summed E-state index contributed by atoms with van der Waals surface area (Å²) >= 11 is 5.82. The predicted octanol–water partition coefficient (Wildman–Crippen LogP) is -0.630. The molecule has 1 aromatic rings. The molecule has 4 N–H and O–H groups in total. The molecule has 24 heavy (non-hydrogen) atoms. The standard InChI is InChI=1S/C15H19ClO8/c1-7-4-8(16)2-3-9(7)22-6-11(18)24-15-14(21)13(20)12(19)10(5-17)23-15/h2-4,10,12-15,17,19-21H,5-6H2,1H3/t10-,12-,13+,14-,15+/m1/s1. The molecule has 0 unspecified atom stereocenters. The van der Waals surface area contributed by atoms with E-state index in [-0.39, 0.29) is 0 Å². The second kappa shape index (κ2) is 8.11. The second-order valence-electron chi connectivity index (χ2n) is 5.39. The van der Waals surface area contributed by atoms with Gasteiger partial charge in [0.2, 0.25) is 6.29 Å². The lowest BCUT2D eigenvalue weighted by atomic mass is 9.99. The Balaban J connectivity index is 1.91. The Hall–Kier alpha value is -1.42. The average molecular weight is 363 g/mol. The molecule has 0 amide bonds. The van der Waals surface area contributed by atoms with Gasteiger partial charge >= 0.3 is 5.97 Å². The van der Waals surface area contributed by atoms with E-state index >= 15 is 0 Å². The fraction of sp³-hybridized carbons (Fsp3) is 0.533. The van der Waals surface area contributed by atoms with Crippen LogP contribution in [-0.2, 0) is 14.3 Å². The van der Waals surface area contributed by atoms with Crippen LogP contribution in [0.5, 0.6) is 5.75 Å². The quantitative estimate of drug-likeness (QED) is 0.510. The first-order valence-corrected chi connectivity index (χ1v) is 7.60. The van der Waals surface area contributed by atoms with E-state index in [1.54, 1.807) is 25.1 Å². The summed E-state index contributed by atoms with van der Waals surface area (Å²) in [6, 6.07) is 4.87. The number of esters is 1. The zero-order valence-corrected chi connectivity index (χ0v) is 13.6. The summed E-state index contributed by atoms with van der Waals surface area (Å²) in [5.41, 5.74) is 0.725. The first kappa shape index (κ1) is 18.9. The molecule has 134 valence electrons. The number of hydrogen-bond acceptors (Lipinski definition) is 8. The zero-order valence-electron chi connectivity index (χ0n) is 12.8. The van der Waals surface area contributed by atoms with Gasteiger partial charge in [0.05, 0.1) is 6.61 Å². The lowest BCUT2D eigenvalue weighted by Gasteiger charge is -2.39. The highest BCUT2D eigenvalue weighted by atomic mass is 35.5. The molecule has 1 aliphatic rings. The third-order valence-electron chi connectivity index (χ3n) is 3.58. The minimum Gasteiger partial charge on any atom is -0.482 e. The van der Waals surface area contributed by atoms with Crippen LogP contribution in [0.2, 0.25) is 5.02 Å². The number of carbonyl (C=O) groups excluding carboxylic acids is 1. The molecule has 1 aliphatic heterocycles. The molecule has 0 radical (unpaired) electrons. The maximum Gasteiger partial charge on any atom is 0.346 e. The van der Waals surface area contributed by atoms with Crippen LogP contribution in [0.15, 0.2) is 18.2 Å². The van der Waals surface area contributed by atoms with Crippen LogP contribution < -0.4 is 4.74 Å². The fourth-order valence-electron chi connectivity index (χ4n) is 2.24. The van der Waals surface area contributed by atoms with Gasteiger partial charge in [-0.3, -0.25) is 0 Å². The smallest absolute Gasteiger partial charge is 0.346 e. The van der Waals surface area contributed by atoms with Crippen LogP contribution in [0.1, 0.15) is 5.56 Å². The molecule has 8 nitrogen and oxygen atoms in total. The van der Waals surface area contributed by atoms with Crippen LogP contribution in [0.3, 0.4) is 0 Å². The van der Waals surface area contributed by atoms with Gasteiger partial charge in [-0.15, -0.1) is 0 Å². The lowest BCUT2D eigenvalue weighted by molar-refractivity contribution is -0.293. The fourth-order valence-corrected chi connectivity index (χ4v) is 2.47. The highest BCUT2D eigenvalue weighted by Crippen LogP contribution is 2.23. The van der Waals surface area contributed by atoms with E-state index in [0.29, 0.717) is 10.8 Å². The molecule has 0 spiro atoms. The summed E-state index contributed by atoms with van der Waals surface area (Å²) in [6.45, 7) is 0.682. The topological polar surface area (TPSA) is 126 Å². The minimum atomic E-state index is -1.65. The van der Waals surface area contributed by atoms with Crippen molar-refractivity contribution in [2.24, 2.45) is 0 Å². The summed E-state index contributed by atoms with van der Waals surface area (Å²) in [6.07, 6.45) is -7.46. The molecule has 1 saturated heterocycles.